The maximum atomic E-state index is 2.77. The fourth-order valence-corrected chi connectivity index (χ4v) is 4.91. The normalized spacial score (nSPS) is 12.4. The Morgan fingerprint density at radius 1 is 0.714 bits per heavy atom. The molecule has 128 valence electrons. The van der Waals surface area contributed by atoms with E-state index in [9.17, 15) is 0 Å². The second-order valence-corrected chi connectivity index (χ2v) is 6.81. The van der Waals surface area contributed by atoms with Crippen molar-refractivity contribution in [3.8, 4) is 0 Å². The second kappa shape index (κ2) is 8.76. The Morgan fingerprint density at radius 2 is 0.952 bits per heavy atom. The molecule has 0 aromatic carbocycles. The van der Waals surface area contributed by atoms with E-state index in [0.29, 0.717) is 0 Å². The van der Waals surface area contributed by atoms with Crippen LogP contribution in [0.25, 0.3) is 0 Å². The van der Waals surface area contributed by atoms with Crippen molar-refractivity contribution in [1.29, 1.82) is 0 Å². The van der Waals surface area contributed by atoms with Gasteiger partial charge in [0.25, 0.3) is 0 Å². The van der Waals surface area contributed by atoms with Gasteiger partial charge in [-0.3, -0.25) is 0 Å². The third-order valence-corrected chi connectivity index (χ3v) is 6.74. The first-order valence-electron chi connectivity index (χ1n) is 8.26. The third kappa shape index (κ3) is 3.60. The van der Waals surface area contributed by atoms with Crippen molar-refractivity contribution >= 4 is 0 Å². The summed E-state index contributed by atoms with van der Waals surface area (Å²) in [5.74, 6) is 0. The number of hydrogen-bond acceptors (Lipinski definition) is 0. The third-order valence-electron chi connectivity index (χ3n) is 5.70. The number of rotatable bonds is 8. The predicted molar refractivity (Wildman–Crippen MR) is 83.4 cm³/mol. The van der Waals surface area contributed by atoms with Crippen molar-refractivity contribution in [3.63, 3.8) is 0 Å². The summed E-state index contributed by atoms with van der Waals surface area (Å²) in [5.41, 5.74) is 0.548. The summed E-state index contributed by atoms with van der Waals surface area (Å²) >= 11 is 2.77. The summed E-state index contributed by atoms with van der Waals surface area (Å²) in [7, 11) is 0. The number of imidazole rings is 1. The van der Waals surface area contributed by atoms with Crippen molar-refractivity contribution in [1.82, 2.24) is 9.13 Å². The van der Waals surface area contributed by atoms with Crippen LogP contribution in [0.2, 0.25) is 0 Å². The van der Waals surface area contributed by atoms with Gasteiger partial charge in [0.15, 0.2) is 0 Å². The van der Waals surface area contributed by atoms with Gasteiger partial charge in [0.05, 0.1) is 0 Å². The Morgan fingerprint density at radius 3 is 1.14 bits per heavy atom. The van der Waals surface area contributed by atoms with Crippen molar-refractivity contribution in [2.24, 2.45) is 0 Å². The van der Waals surface area contributed by atoms with Crippen LogP contribution in [-0.2, 0) is 31.7 Å². The van der Waals surface area contributed by atoms with E-state index in [-0.39, 0.29) is 23.5 Å². The standard InChI is InChI=1S/C17H32N2.Au.ClH/c1-7-16(8-2,9-3)18-13-14-19(15-18)17(10-4,11-5)12-6;;/h13-14H,7-12H2,1-6H3;;1H/q;+1;/p-1. The van der Waals surface area contributed by atoms with Gasteiger partial charge in [0.1, 0.15) is 0 Å². The molecule has 0 unspecified atom stereocenters. The molecule has 0 aliphatic rings. The minimum absolute atomic E-state index is 0. The van der Waals surface area contributed by atoms with Gasteiger partial charge in [-0.05, 0) is 0 Å². The minimum Gasteiger partial charge on any atom is -1.00 e. The Kier molecular flexibility index (Phi) is 8.86. The molecule has 0 atom stereocenters. The number of nitrogens with zero attached hydrogens (tertiary/aromatic N) is 2. The predicted octanol–water partition coefficient (Wildman–Crippen LogP) is 2.22. The Labute approximate surface area is 149 Å². The molecule has 0 amide bonds. The molecule has 1 heterocycles. The Hall–Kier alpha value is 0.240. The van der Waals surface area contributed by atoms with E-state index in [0.717, 1.165) is 0 Å². The summed E-state index contributed by atoms with van der Waals surface area (Å²) < 4.78 is 6.40. The van der Waals surface area contributed by atoms with E-state index < -0.39 is 0 Å². The van der Waals surface area contributed by atoms with E-state index in [1.54, 1.807) is 0 Å². The molecule has 1 rings (SSSR count). The quantitative estimate of drug-likeness (QED) is 0.489. The average Bonchev–Trinajstić information content (AvgIpc) is 2.88. The van der Waals surface area contributed by atoms with Crippen LogP contribution in [0.5, 0.6) is 0 Å². The zero-order chi connectivity index (χ0) is 15.4. The SMILES string of the molecule is CCC(CC)(CC)n1ccn(C(CC)(CC)CC)[c]1=[Au+].[Cl-]. The molecule has 0 N–H and O–H groups in total. The van der Waals surface area contributed by atoms with Gasteiger partial charge in [-0.25, -0.2) is 0 Å². The van der Waals surface area contributed by atoms with Crippen LogP contribution in [0.15, 0.2) is 12.4 Å². The van der Waals surface area contributed by atoms with Crippen LogP contribution in [0.4, 0.5) is 0 Å². The van der Waals surface area contributed by atoms with Gasteiger partial charge in [0.2, 0.25) is 0 Å². The van der Waals surface area contributed by atoms with Gasteiger partial charge in [0, 0.05) is 0 Å². The van der Waals surface area contributed by atoms with Crippen LogP contribution >= 0.6 is 0 Å². The summed E-state index contributed by atoms with van der Waals surface area (Å²) in [4.78, 5) is 0. The van der Waals surface area contributed by atoms with Gasteiger partial charge < -0.3 is 12.4 Å². The fourth-order valence-electron chi connectivity index (χ4n) is 3.55. The summed E-state index contributed by atoms with van der Waals surface area (Å²) in [6, 6.07) is 0. The van der Waals surface area contributed by atoms with Crippen molar-refractivity contribution in [2.75, 3.05) is 0 Å². The number of halogens is 1. The molecule has 0 bridgehead atoms. The maximum absolute atomic E-state index is 2.77. The van der Waals surface area contributed by atoms with Crippen molar-refractivity contribution in [3.05, 3.63) is 16.0 Å². The molecule has 0 radical (unpaired) electrons. The van der Waals surface area contributed by atoms with Crippen molar-refractivity contribution in [2.45, 2.75) is 91.1 Å². The summed E-state index contributed by atoms with van der Waals surface area (Å²) in [6.45, 7) is 13.9. The van der Waals surface area contributed by atoms with Crippen LogP contribution in [-0.4, -0.2) is 9.13 Å². The molecule has 1 aromatic rings. The topological polar surface area (TPSA) is 9.86 Å². The number of hydrogen-bond donors (Lipinski definition) is 0. The van der Waals surface area contributed by atoms with Crippen molar-refractivity contribution < 1.29 is 33.0 Å². The largest absolute Gasteiger partial charge is 1.00 e. The van der Waals surface area contributed by atoms with E-state index >= 15 is 0 Å². The van der Waals surface area contributed by atoms with E-state index in [4.69, 9.17) is 0 Å². The van der Waals surface area contributed by atoms with E-state index in [2.05, 4.69) is 83.7 Å². The summed E-state index contributed by atoms with van der Waals surface area (Å²) in [5, 5.41) is 0. The first-order valence-corrected chi connectivity index (χ1v) is 9.34. The van der Waals surface area contributed by atoms with Crippen LogP contribution < -0.4 is 12.4 Å². The van der Waals surface area contributed by atoms with Gasteiger partial charge in [-0.15, -0.1) is 0 Å². The Bertz CT molecular complexity index is 410. The zero-order valence-corrected chi connectivity index (χ0v) is 17.4. The molecular formula is C17H32AuClN2. The van der Waals surface area contributed by atoms with Gasteiger partial charge >= 0.3 is 137 Å². The second-order valence-electron chi connectivity index (χ2n) is 5.84. The zero-order valence-electron chi connectivity index (χ0n) is 14.5. The minimum atomic E-state index is 0. The van der Waals surface area contributed by atoms with Crippen LogP contribution in [0, 0.1) is 3.63 Å². The molecule has 0 fully saturated rings. The van der Waals surface area contributed by atoms with Gasteiger partial charge in [-0.2, -0.15) is 0 Å². The summed E-state index contributed by atoms with van der Waals surface area (Å²) in [6.07, 6.45) is 11.8. The fraction of sp³-hybridized carbons (Fsp3) is 0.824. The maximum Gasteiger partial charge on any atom is -1.00 e. The average molecular weight is 497 g/mol. The molecule has 21 heavy (non-hydrogen) atoms. The van der Waals surface area contributed by atoms with E-state index in [1.807, 2.05) is 0 Å². The molecule has 1 aromatic heterocycles. The van der Waals surface area contributed by atoms with Gasteiger partial charge in [-0.1, -0.05) is 0 Å². The first kappa shape index (κ1) is 21.2. The molecule has 4 heteroatoms. The number of aromatic nitrogens is 2. The molecule has 0 saturated heterocycles. The molecule has 0 spiro atoms. The molecule has 2 nitrogen and oxygen atoms in total. The monoisotopic (exact) mass is 496 g/mol. The Balaban J connectivity index is 0.00000400. The molecule has 0 aliphatic heterocycles. The molecule has 0 aliphatic carbocycles. The smallest absolute Gasteiger partial charge is 1.00 e. The molecular weight excluding hydrogens is 465 g/mol. The van der Waals surface area contributed by atoms with E-state index in [1.165, 1.54) is 42.2 Å². The van der Waals surface area contributed by atoms with Crippen LogP contribution in [0.3, 0.4) is 0 Å². The first-order chi connectivity index (χ1) is 9.50. The molecule has 0 saturated carbocycles. The van der Waals surface area contributed by atoms with Crippen LogP contribution in [0.1, 0.15) is 80.1 Å².